The van der Waals surface area contributed by atoms with Crippen molar-refractivity contribution in [1.29, 1.82) is 0 Å². The van der Waals surface area contributed by atoms with Gasteiger partial charge in [0.1, 0.15) is 0 Å². The highest BCUT2D eigenvalue weighted by atomic mass is 35.5. The molecule has 0 saturated heterocycles. The molecule has 0 aliphatic heterocycles. The van der Waals surface area contributed by atoms with Crippen LogP contribution in [0.2, 0.25) is 5.02 Å². The number of rotatable bonds is 5. The number of benzene rings is 2. The number of nitrogens with one attached hydrogen (secondary N) is 1. The molecule has 0 aliphatic rings. The molecule has 0 aliphatic carbocycles. The zero-order valence-electron chi connectivity index (χ0n) is 12.6. The SMILES string of the molecule is Cc1cccc(NC(=O)COC(=O)c2cc([N+](=O)[O-])ccc2Cl)c1. The fourth-order valence-electron chi connectivity index (χ4n) is 1.91. The van der Waals surface area contributed by atoms with Gasteiger partial charge in [0.25, 0.3) is 11.6 Å². The zero-order chi connectivity index (χ0) is 17.7. The number of anilines is 1. The summed E-state index contributed by atoms with van der Waals surface area (Å²) in [7, 11) is 0. The van der Waals surface area contributed by atoms with Gasteiger partial charge in [0, 0.05) is 17.8 Å². The predicted molar refractivity (Wildman–Crippen MR) is 88.2 cm³/mol. The van der Waals surface area contributed by atoms with Gasteiger partial charge in [-0.05, 0) is 30.7 Å². The number of nitro groups is 1. The Morgan fingerprint density at radius 3 is 2.67 bits per heavy atom. The first-order valence-corrected chi connectivity index (χ1v) is 7.22. The number of amides is 1. The molecule has 1 amide bonds. The van der Waals surface area contributed by atoms with E-state index in [1.54, 1.807) is 18.2 Å². The van der Waals surface area contributed by atoms with Crippen molar-refractivity contribution in [2.24, 2.45) is 0 Å². The summed E-state index contributed by atoms with van der Waals surface area (Å²) in [5.74, 6) is -1.45. The minimum absolute atomic E-state index is 0.00434. The minimum atomic E-state index is -0.914. The number of ether oxygens (including phenoxy) is 1. The summed E-state index contributed by atoms with van der Waals surface area (Å²) in [4.78, 5) is 33.8. The second kappa shape index (κ2) is 7.56. The first-order valence-electron chi connectivity index (χ1n) is 6.84. The van der Waals surface area contributed by atoms with E-state index in [4.69, 9.17) is 16.3 Å². The maximum Gasteiger partial charge on any atom is 0.340 e. The standard InChI is InChI=1S/C16H13ClN2O5/c1-10-3-2-4-11(7-10)18-15(20)9-24-16(21)13-8-12(19(22)23)5-6-14(13)17/h2-8H,9H2,1H3,(H,18,20). The van der Waals surface area contributed by atoms with E-state index in [-0.39, 0.29) is 16.3 Å². The summed E-state index contributed by atoms with van der Waals surface area (Å²) in [6, 6.07) is 10.5. The van der Waals surface area contributed by atoms with Crippen molar-refractivity contribution >= 4 is 34.9 Å². The van der Waals surface area contributed by atoms with Gasteiger partial charge in [0.15, 0.2) is 6.61 Å². The van der Waals surface area contributed by atoms with E-state index in [2.05, 4.69) is 5.32 Å². The molecule has 0 radical (unpaired) electrons. The van der Waals surface area contributed by atoms with E-state index in [1.165, 1.54) is 12.1 Å². The van der Waals surface area contributed by atoms with Crippen LogP contribution < -0.4 is 5.32 Å². The van der Waals surface area contributed by atoms with Crippen molar-refractivity contribution in [1.82, 2.24) is 0 Å². The predicted octanol–water partition coefficient (Wildman–Crippen LogP) is 3.35. The summed E-state index contributed by atoms with van der Waals surface area (Å²) in [5.41, 5.74) is 1.07. The molecule has 0 fully saturated rings. The fourth-order valence-corrected chi connectivity index (χ4v) is 2.11. The van der Waals surface area contributed by atoms with Crippen LogP contribution in [0.4, 0.5) is 11.4 Å². The Labute approximate surface area is 142 Å². The van der Waals surface area contributed by atoms with Gasteiger partial charge in [-0.3, -0.25) is 14.9 Å². The zero-order valence-corrected chi connectivity index (χ0v) is 13.4. The van der Waals surface area contributed by atoms with Gasteiger partial charge in [-0.1, -0.05) is 23.7 Å². The Hall–Kier alpha value is -2.93. The molecule has 1 N–H and O–H groups in total. The monoisotopic (exact) mass is 348 g/mol. The fraction of sp³-hybridized carbons (Fsp3) is 0.125. The Morgan fingerprint density at radius 2 is 2.00 bits per heavy atom. The van der Waals surface area contributed by atoms with Crippen molar-refractivity contribution in [3.05, 3.63) is 68.7 Å². The van der Waals surface area contributed by atoms with Gasteiger partial charge >= 0.3 is 5.97 Å². The number of esters is 1. The lowest BCUT2D eigenvalue weighted by atomic mass is 10.2. The number of aryl methyl sites for hydroxylation is 1. The topological polar surface area (TPSA) is 98.5 Å². The van der Waals surface area contributed by atoms with Crippen molar-refractivity contribution in [2.45, 2.75) is 6.92 Å². The Kier molecular flexibility index (Phi) is 5.49. The number of halogens is 1. The summed E-state index contributed by atoms with van der Waals surface area (Å²) in [6.07, 6.45) is 0. The first-order chi connectivity index (χ1) is 11.4. The summed E-state index contributed by atoms with van der Waals surface area (Å²) in [5, 5.41) is 13.3. The number of hydrogen-bond acceptors (Lipinski definition) is 5. The largest absolute Gasteiger partial charge is 0.452 e. The molecular weight excluding hydrogens is 336 g/mol. The van der Waals surface area contributed by atoms with E-state index in [9.17, 15) is 19.7 Å². The van der Waals surface area contributed by atoms with Gasteiger partial charge in [0.2, 0.25) is 0 Å². The maximum atomic E-state index is 11.9. The second-order valence-corrected chi connectivity index (χ2v) is 5.32. The average molecular weight is 349 g/mol. The van der Waals surface area contributed by atoms with Crippen LogP contribution in [-0.2, 0) is 9.53 Å². The van der Waals surface area contributed by atoms with Crippen LogP contribution in [0.25, 0.3) is 0 Å². The van der Waals surface area contributed by atoms with E-state index in [1.807, 2.05) is 13.0 Å². The summed E-state index contributed by atoms with van der Waals surface area (Å²) in [6.45, 7) is 1.34. The van der Waals surface area contributed by atoms with Crippen LogP contribution in [0, 0.1) is 17.0 Å². The van der Waals surface area contributed by atoms with Crippen molar-refractivity contribution in [3.63, 3.8) is 0 Å². The maximum absolute atomic E-state index is 11.9. The van der Waals surface area contributed by atoms with Gasteiger partial charge in [0.05, 0.1) is 15.5 Å². The van der Waals surface area contributed by atoms with E-state index in [0.717, 1.165) is 11.6 Å². The number of carbonyl (C=O) groups excluding carboxylic acids is 2. The van der Waals surface area contributed by atoms with Gasteiger partial charge in [-0.25, -0.2) is 4.79 Å². The highest BCUT2D eigenvalue weighted by Gasteiger charge is 2.18. The van der Waals surface area contributed by atoms with Crippen LogP contribution in [0.5, 0.6) is 0 Å². The van der Waals surface area contributed by atoms with E-state index in [0.29, 0.717) is 5.69 Å². The van der Waals surface area contributed by atoms with Crippen LogP contribution in [0.15, 0.2) is 42.5 Å². The van der Waals surface area contributed by atoms with Crippen LogP contribution in [0.1, 0.15) is 15.9 Å². The molecule has 7 nitrogen and oxygen atoms in total. The first kappa shape index (κ1) is 17.4. The smallest absolute Gasteiger partial charge is 0.340 e. The van der Waals surface area contributed by atoms with Crippen molar-refractivity contribution in [2.75, 3.05) is 11.9 Å². The average Bonchev–Trinajstić information content (AvgIpc) is 2.52. The molecule has 0 saturated carbocycles. The van der Waals surface area contributed by atoms with Crippen LogP contribution in [0.3, 0.4) is 0 Å². The highest BCUT2D eigenvalue weighted by molar-refractivity contribution is 6.33. The third-order valence-corrected chi connectivity index (χ3v) is 3.35. The number of non-ortho nitro benzene ring substituents is 1. The number of carbonyl (C=O) groups is 2. The number of hydrogen-bond donors (Lipinski definition) is 1. The molecule has 8 heteroatoms. The summed E-state index contributed by atoms with van der Waals surface area (Å²) < 4.78 is 4.85. The van der Waals surface area contributed by atoms with E-state index >= 15 is 0 Å². The molecule has 24 heavy (non-hydrogen) atoms. The molecule has 0 heterocycles. The Bertz CT molecular complexity index is 807. The number of nitrogens with zero attached hydrogens (tertiary/aromatic N) is 1. The minimum Gasteiger partial charge on any atom is -0.452 e. The molecule has 2 aromatic rings. The lowest BCUT2D eigenvalue weighted by Gasteiger charge is -2.08. The second-order valence-electron chi connectivity index (χ2n) is 4.92. The van der Waals surface area contributed by atoms with Crippen LogP contribution in [-0.4, -0.2) is 23.4 Å². The van der Waals surface area contributed by atoms with Gasteiger partial charge in [-0.15, -0.1) is 0 Å². The molecule has 0 atom stereocenters. The third-order valence-electron chi connectivity index (χ3n) is 3.02. The molecule has 0 aromatic heterocycles. The molecule has 2 aromatic carbocycles. The Morgan fingerprint density at radius 1 is 1.25 bits per heavy atom. The Balaban J connectivity index is 1.99. The van der Waals surface area contributed by atoms with Crippen molar-refractivity contribution in [3.8, 4) is 0 Å². The van der Waals surface area contributed by atoms with E-state index < -0.39 is 23.4 Å². The molecule has 2 rings (SSSR count). The number of nitro benzene ring substituents is 1. The van der Waals surface area contributed by atoms with Gasteiger partial charge in [-0.2, -0.15) is 0 Å². The van der Waals surface area contributed by atoms with Crippen molar-refractivity contribution < 1.29 is 19.2 Å². The lowest BCUT2D eigenvalue weighted by Crippen LogP contribution is -2.21. The molecule has 0 unspecified atom stereocenters. The summed E-state index contributed by atoms with van der Waals surface area (Å²) >= 11 is 5.83. The quantitative estimate of drug-likeness (QED) is 0.507. The highest BCUT2D eigenvalue weighted by Crippen LogP contribution is 2.22. The molecule has 0 bridgehead atoms. The molecule has 124 valence electrons. The normalized spacial score (nSPS) is 10.1. The third kappa shape index (κ3) is 4.53. The van der Waals surface area contributed by atoms with Gasteiger partial charge < -0.3 is 10.1 Å². The molecule has 0 spiro atoms. The van der Waals surface area contributed by atoms with Crippen LogP contribution >= 0.6 is 11.6 Å². The molecular formula is C16H13ClN2O5. The lowest BCUT2D eigenvalue weighted by molar-refractivity contribution is -0.384.